The number of carbonyl (C=O) groups excluding carboxylic acids is 1. The lowest BCUT2D eigenvalue weighted by molar-refractivity contribution is -0.113. The third-order valence-corrected chi connectivity index (χ3v) is 6.07. The minimum absolute atomic E-state index is 0.0604. The minimum Gasteiger partial charge on any atom is -0.379 e. The summed E-state index contributed by atoms with van der Waals surface area (Å²) in [6, 6.07) is 15.5. The lowest BCUT2D eigenvalue weighted by atomic mass is 10.2. The molecule has 2 heterocycles. The molecule has 1 fully saturated rings. The van der Waals surface area contributed by atoms with Gasteiger partial charge in [0, 0.05) is 28.6 Å². The number of nitrogens with zero attached hydrogens (tertiary/aromatic N) is 3. The molecule has 1 amide bonds. The zero-order valence-electron chi connectivity index (χ0n) is 15.8. The summed E-state index contributed by atoms with van der Waals surface area (Å²) in [4.78, 5) is 24.2. The van der Waals surface area contributed by atoms with Gasteiger partial charge in [-0.2, -0.15) is 0 Å². The highest BCUT2D eigenvalue weighted by Gasteiger charge is 2.15. The number of ether oxygens (including phenoxy) is 1. The summed E-state index contributed by atoms with van der Waals surface area (Å²) in [6.45, 7) is 3.94. The van der Waals surface area contributed by atoms with Crippen molar-refractivity contribution in [3.63, 3.8) is 0 Å². The molecule has 3 aromatic rings. The second kappa shape index (κ2) is 9.67. The Hall–Kier alpha value is -2.00. The summed E-state index contributed by atoms with van der Waals surface area (Å²) in [5.74, 6) is 1.00. The smallest absolute Gasteiger partial charge is 0.234 e. The van der Waals surface area contributed by atoms with Crippen LogP contribution in [-0.2, 0) is 16.1 Å². The van der Waals surface area contributed by atoms with Crippen molar-refractivity contribution in [3.8, 4) is 0 Å². The minimum atomic E-state index is -0.0604. The Morgan fingerprint density at radius 3 is 2.66 bits per heavy atom. The Morgan fingerprint density at radius 2 is 1.86 bits per heavy atom. The first kappa shape index (κ1) is 20.3. The summed E-state index contributed by atoms with van der Waals surface area (Å²) >= 11 is 4.84. The molecule has 1 aromatic heterocycles. The van der Waals surface area contributed by atoms with E-state index in [0.29, 0.717) is 6.54 Å². The predicted molar refractivity (Wildman–Crippen MR) is 119 cm³/mol. The molecule has 1 aliphatic heterocycles. The summed E-state index contributed by atoms with van der Waals surface area (Å²) in [7, 11) is 0. The van der Waals surface area contributed by atoms with E-state index in [-0.39, 0.29) is 11.7 Å². The maximum atomic E-state index is 12.4. The molecule has 0 saturated carbocycles. The van der Waals surface area contributed by atoms with E-state index in [1.807, 2.05) is 48.5 Å². The SMILES string of the molecule is O=C(CSc1nc(CN2CCOCC2)nc2ccccc12)Nc1ccc(Br)cc1. The van der Waals surface area contributed by atoms with Crippen LogP contribution in [0.1, 0.15) is 5.82 Å². The fourth-order valence-electron chi connectivity index (χ4n) is 3.10. The van der Waals surface area contributed by atoms with Gasteiger partial charge in [0.05, 0.1) is 31.0 Å². The molecule has 4 rings (SSSR count). The molecule has 0 spiro atoms. The van der Waals surface area contributed by atoms with E-state index in [4.69, 9.17) is 14.7 Å². The average molecular weight is 473 g/mol. The summed E-state index contributed by atoms with van der Waals surface area (Å²) in [6.07, 6.45) is 0. The number of morpholine rings is 1. The molecule has 0 aliphatic carbocycles. The summed E-state index contributed by atoms with van der Waals surface area (Å²) in [5.41, 5.74) is 1.68. The van der Waals surface area contributed by atoms with Gasteiger partial charge in [-0.1, -0.05) is 45.9 Å². The van der Waals surface area contributed by atoms with Crippen molar-refractivity contribution in [1.82, 2.24) is 14.9 Å². The fraction of sp³-hybridized carbons (Fsp3) is 0.286. The van der Waals surface area contributed by atoms with Crippen LogP contribution in [0.25, 0.3) is 10.9 Å². The first-order valence-corrected chi connectivity index (χ1v) is 11.2. The van der Waals surface area contributed by atoms with E-state index < -0.39 is 0 Å². The fourth-order valence-corrected chi connectivity index (χ4v) is 4.20. The zero-order chi connectivity index (χ0) is 20.1. The Morgan fingerprint density at radius 1 is 1.10 bits per heavy atom. The molecule has 150 valence electrons. The zero-order valence-corrected chi connectivity index (χ0v) is 18.2. The van der Waals surface area contributed by atoms with Crippen LogP contribution in [0.5, 0.6) is 0 Å². The number of halogens is 1. The Bertz CT molecular complexity index is 994. The molecule has 1 aliphatic rings. The number of nitrogens with one attached hydrogen (secondary N) is 1. The number of rotatable bonds is 6. The number of para-hydroxylation sites is 1. The molecule has 0 bridgehead atoms. The van der Waals surface area contributed by atoms with Gasteiger partial charge in [0.1, 0.15) is 10.9 Å². The van der Waals surface area contributed by atoms with Crippen molar-refractivity contribution in [3.05, 3.63) is 58.8 Å². The monoisotopic (exact) mass is 472 g/mol. The molecule has 8 heteroatoms. The molecule has 1 N–H and O–H groups in total. The quantitative estimate of drug-likeness (QED) is 0.432. The maximum Gasteiger partial charge on any atom is 0.234 e. The number of fused-ring (bicyclic) bond motifs is 1. The number of amides is 1. The third-order valence-electron chi connectivity index (χ3n) is 4.55. The predicted octanol–water partition coefficient (Wildman–Crippen LogP) is 3.96. The van der Waals surface area contributed by atoms with Gasteiger partial charge < -0.3 is 10.1 Å². The van der Waals surface area contributed by atoms with E-state index in [1.54, 1.807) is 0 Å². The van der Waals surface area contributed by atoms with Crippen molar-refractivity contribution >= 4 is 50.2 Å². The van der Waals surface area contributed by atoms with Crippen LogP contribution in [0, 0.1) is 0 Å². The third kappa shape index (κ3) is 5.54. The second-order valence-corrected chi connectivity index (χ2v) is 8.57. The molecule has 0 radical (unpaired) electrons. The highest BCUT2D eigenvalue weighted by atomic mass is 79.9. The molecular weight excluding hydrogens is 452 g/mol. The summed E-state index contributed by atoms with van der Waals surface area (Å²) in [5, 5.41) is 4.73. The normalized spacial score (nSPS) is 14.8. The molecule has 6 nitrogen and oxygen atoms in total. The second-order valence-electron chi connectivity index (χ2n) is 6.69. The number of hydrogen-bond donors (Lipinski definition) is 1. The number of hydrogen-bond acceptors (Lipinski definition) is 6. The van der Waals surface area contributed by atoms with Crippen LogP contribution in [0.2, 0.25) is 0 Å². The lowest BCUT2D eigenvalue weighted by Gasteiger charge is -2.25. The number of anilines is 1. The van der Waals surface area contributed by atoms with Gasteiger partial charge in [-0.25, -0.2) is 9.97 Å². The van der Waals surface area contributed by atoms with Crippen molar-refractivity contribution in [2.45, 2.75) is 11.6 Å². The van der Waals surface area contributed by atoms with Gasteiger partial charge in [-0.15, -0.1) is 0 Å². The van der Waals surface area contributed by atoms with Crippen LogP contribution >= 0.6 is 27.7 Å². The van der Waals surface area contributed by atoms with Gasteiger partial charge in [0.2, 0.25) is 5.91 Å². The van der Waals surface area contributed by atoms with Crippen LogP contribution < -0.4 is 5.32 Å². The van der Waals surface area contributed by atoms with Gasteiger partial charge in [-0.05, 0) is 30.3 Å². The van der Waals surface area contributed by atoms with Crippen molar-refractivity contribution in [2.24, 2.45) is 0 Å². The van der Waals surface area contributed by atoms with Crippen molar-refractivity contribution in [2.75, 3.05) is 37.4 Å². The van der Waals surface area contributed by atoms with Crippen LogP contribution in [-0.4, -0.2) is 52.8 Å². The van der Waals surface area contributed by atoms with Crippen LogP contribution in [0.4, 0.5) is 5.69 Å². The number of aromatic nitrogens is 2. The van der Waals surface area contributed by atoms with Gasteiger partial charge in [0.25, 0.3) is 0 Å². The molecule has 1 saturated heterocycles. The van der Waals surface area contributed by atoms with E-state index in [9.17, 15) is 4.79 Å². The maximum absolute atomic E-state index is 12.4. The number of thioether (sulfide) groups is 1. The molecule has 0 atom stereocenters. The number of benzene rings is 2. The van der Waals surface area contributed by atoms with E-state index in [1.165, 1.54) is 11.8 Å². The standard InChI is InChI=1S/C21H21BrN4O2S/c22-15-5-7-16(8-6-15)23-20(27)14-29-21-17-3-1-2-4-18(17)24-19(25-21)13-26-9-11-28-12-10-26/h1-8H,9-14H2,(H,23,27). The number of carbonyl (C=O) groups is 1. The average Bonchev–Trinajstić information content (AvgIpc) is 2.74. The molecule has 29 heavy (non-hydrogen) atoms. The van der Waals surface area contributed by atoms with Gasteiger partial charge >= 0.3 is 0 Å². The van der Waals surface area contributed by atoms with E-state index >= 15 is 0 Å². The summed E-state index contributed by atoms with van der Waals surface area (Å²) < 4.78 is 6.39. The van der Waals surface area contributed by atoms with E-state index in [2.05, 4.69) is 26.1 Å². The van der Waals surface area contributed by atoms with E-state index in [0.717, 1.165) is 58.2 Å². The van der Waals surface area contributed by atoms with Crippen molar-refractivity contribution < 1.29 is 9.53 Å². The molecule has 2 aromatic carbocycles. The lowest BCUT2D eigenvalue weighted by Crippen LogP contribution is -2.36. The highest BCUT2D eigenvalue weighted by Crippen LogP contribution is 2.26. The topological polar surface area (TPSA) is 67.4 Å². The Labute approximate surface area is 182 Å². The van der Waals surface area contributed by atoms with Crippen molar-refractivity contribution in [1.29, 1.82) is 0 Å². The highest BCUT2D eigenvalue weighted by molar-refractivity contribution is 9.10. The van der Waals surface area contributed by atoms with Crippen LogP contribution in [0.3, 0.4) is 0 Å². The first-order valence-electron chi connectivity index (χ1n) is 9.41. The first-order chi connectivity index (χ1) is 14.2. The Kier molecular flexibility index (Phi) is 6.76. The van der Waals surface area contributed by atoms with Gasteiger partial charge in [-0.3, -0.25) is 9.69 Å². The van der Waals surface area contributed by atoms with Crippen LogP contribution in [0.15, 0.2) is 58.0 Å². The Balaban J connectivity index is 1.47. The molecule has 0 unspecified atom stereocenters. The van der Waals surface area contributed by atoms with Gasteiger partial charge in [0.15, 0.2) is 0 Å². The largest absolute Gasteiger partial charge is 0.379 e. The molecular formula is C21H21BrN4O2S.